The average molecular weight is 277 g/mol. The summed E-state index contributed by atoms with van der Waals surface area (Å²) in [5.74, 6) is -0.0704. The Morgan fingerprint density at radius 1 is 1.30 bits per heavy atom. The van der Waals surface area contributed by atoms with Gasteiger partial charge in [-0.05, 0) is 12.5 Å². The molecule has 104 valence electrons. The number of nitrogens with zero attached hydrogens (tertiary/aromatic N) is 4. The predicted molar refractivity (Wildman–Crippen MR) is 70.2 cm³/mol. The minimum absolute atomic E-state index is 0.0561. The first kappa shape index (κ1) is 13.5. The van der Waals surface area contributed by atoms with Gasteiger partial charge in [0.1, 0.15) is 5.69 Å². The Labute approximate surface area is 112 Å². The van der Waals surface area contributed by atoms with E-state index in [4.69, 9.17) is 5.73 Å². The van der Waals surface area contributed by atoms with Gasteiger partial charge in [-0.1, -0.05) is 12.1 Å². The summed E-state index contributed by atoms with van der Waals surface area (Å²) in [6.07, 6.45) is 0. The van der Waals surface area contributed by atoms with E-state index in [0.717, 1.165) is 0 Å². The number of nitrogens with two attached hydrogens (primary N) is 1. The van der Waals surface area contributed by atoms with Gasteiger partial charge >= 0.3 is 5.69 Å². The van der Waals surface area contributed by atoms with Gasteiger partial charge in [0.15, 0.2) is 0 Å². The van der Waals surface area contributed by atoms with Crippen LogP contribution in [-0.4, -0.2) is 19.6 Å². The van der Waals surface area contributed by atoms with Crippen molar-refractivity contribution in [1.29, 1.82) is 0 Å². The molecule has 0 bridgehead atoms. The Bertz CT molecular complexity index is 694. The van der Waals surface area contributed by atoms with Crippen molar-refractivity contribution in [3.63, 3.8) is 0 Å². The Kier molecular flexibility index (Phi) is 3.34. The molecule has 0 saturated heterocycles. The van der Waals surface area contributed by atoms with Crippen molar-refractivity contribution in [2.45, 2.75) is 13.5 Å². The summed E-state index contributed by atoms with van der Waals surface area (Å²) < 4.78 is 1.26. The molecule has 2 aromatic rings. The quantitative estimate of drug-likeness (QED) is 0.667. The zero-order valence-corrected chi connectivity index (χ0v) is 10.5. The lowest BCUT2D eigenvalue weighted by Gasteiger charge is -2.03. The molecule has 0 fully saturated rings. The van der Waals surface area contributed by atoms with Crippen LogP contribution in [0.2, 0.25) is 0 Å². The Hall–Kier alpha value is -2.97. The summed E-state index contributed by atoms with van der Waals surface area (Å²) in [5.41, 5.74) is 6.17. The fourth-order valence-corrected chi connectivity index (χ4v) is 1.88. The molecule has 1 aromatic heterocycles. The first-order valence-corrected chi connectivity index (χ1v) is 5.60. The van der Waals surface area contributed by atoms with Crippen molar-refractivity contribution < 1.29 is 9.85 Å². The van der Waals surface area contributed by atoms with Gasteiger partial charge < -0.3 is 5.73 Å². The van der Waals surface area contributed by atoms with Gasteiger partial charge in [0.2, 0.25) is 5.82 Å². The number of nitro benzene ring substituents is 1. The zero-order chi connectivity index (χ0) is 14.9. The highest BCUT2D eigenvalue weighted by Crippen LogP contribution is 2.26. The predicted octanol–water partition coefficient (Wildman–Crippen LogP) is 1.64. The first-order valence-electron chi connectivity index (χ1n) is 5.60. The molecular formula is C11H11N5O4. The van der Waals surface area contributed by atoms with Crippen LogP contribution in [0.3, 0.4) is 0 Å². The molecule has 0 atom stereocenters. The molecule has 0 aliphatic heterocycles. The second-order valence-corrected chi connectivity index (χ2v) is 4.16. The van der Waals surface area contributed by atoms with Gasteiger partial charge in [0.25, 0.3) is 5.69 Å². The molecule has 2 N–H and O–H groups in total. The summed E-state index contributed by atoms with van der Waals surface area (Å²) in [6, 6.07) is 5.94. The molecule has 1 aromatic carbocycles. The number of hydrogen-bond acceptors (Lipinski definition) is 6. The fraction of sp³-hybridized carbons (Fsp3) is 0.182. The molecule has 2 rings (SSSR count). The van der Waals surface area contributed by atoms with Crippen LogP contribution in [0.5, 0.6) is 0 Å². The van der Waals surface area contributed by atoms with Crippen LogP contribution in [0.25, 0.3) is 0 Å². The zero-order valence-electron chi connectivity index (χ0n) is 10.5. The monoisotopic (exact) mass is 277 g/mol. The third kappa shape index (κ3) is 2.41. The highest BCUT2D eigenvalue weighted by atomic mass is 16.6. The SMILES string of the molecule is Cc1nn(Cc2cccc([N+](=O)[O-])c2)c(N)c1[N+](=O)[O-]. The fourth-order valence-electron chi connectivity index (χ4n) is 1.88. The summed E-state index contributed by atoms with van der Waals surface area (Å²) in [4.78, 5) is 20.4. The van der Waals surface area contributed by atoms with Crippen molar-refractivity contribution >= 4 is 17.2 Å². The largest absolute Gasteiger partial charge is 0.378 e. The van der Waals surface area contributed by atoms with Gasteiger partial charge in [-0.25, -0.2) is 4.68 Å². The molecule has 20 heavy (non-hydrogen) atoms. The molecule has 9 heteroatoms. The maximum Gasteiger partial charge on any atom is 0.333 e. The lowest BCUT2D eigenvalue weighted by Crippen LogP contribution is -2.07. The van der Waals surface area contributed by atoms with Gasteiger partial charge in [-0.2, -0.15) is 5.10 Å². The highest BCUT2D eigenvalue weighted by molar-refractivity contribution is 5.56. The van der Waals surface area contributed by atoms with Crippen LogP contribution >= 0.6 is 0 Å². The van der Waals surface area contributed by atoms with E-state index in [-0.39, 0.29) is 29.4 Å². The number of anilines is 1. The minimum Gasteiger partial charge on any atom is -0.378 e. The Balaban J connectivity index is 2.36. The van der Waals surface area contributed by atoms with Gasteiger partial charge in [-0.15, -0.1) is 0 Å². The lowest BCUT2D eigenvalue weighted by molar-refractivity contribution is -0.384. The van der Waals surface area contributed by atoms with Crippen molar-refractivity contribution in [3.8, 4) is 0 Å². The molecule has 0 unspecified atom stereocenters. The van der Waals surface area contributed by atoms with Crippen molar-refractivity contribution in [2.75, 3.05) is 5.73 Å². The maximum absolute atomic E-state index is 10.8. The number of aromatic nitrogens is 2. The summed E-state index contributed by atoms with van der Waals surface area (Å²) >= 11 is 0. The van der Waals surface area contributed by atoms with E-state index in [2.05, 4.69) is 5.10 Å². The van der Waals surface area contributed by atoms with Crippen molar-refractivity contribution in [1.82, 2.24) is 9.78 Å². The number of benzene rings is 1. The minimum atomic E-state index is -0.596. The van der Waals surface area contributed by atoms with E-state index in [0.29, 0.717) is 5.56 Å². The standard InChI is InChI=1S/C11H11N5O4/c1-7-10(16(19)20)11(12)14(13-7)6-8-3-2-4-9(5-8)15(17)18/h2-5H,6,12H2,1H3. The van der Waals surface area contributed by atoms with Crippen molar-refractivity contribution in [2.24, 2.45) is 0 Å². The highest BCUT2D eigenvalue weighted by Gasteiger charge is 2.23. The summed E-state index contributed by atoms with van der Waals surface area (Å²) in [5, 5.41) is 25.5. The molecule has 0 amide bonds. The van der Waals surface area contributed by atoms with E-state index in [1.54, 1.807) is 6.07 Å². The average Bonchev–Trinajstić information content (AvgIpc) is 2.64. The van der Waals surface area contributed by atoms with E-state index in [1.807, 2.05) is 0 Å². The van der Waals surface area contributed by atoms with E-state index in [1.165, 1.54) is 29.8 Å². The van der Waals surface area contributed by atoms with Crippen LogP contribution in [0.15, 0.2) is 24.3 Å². The summed E-state index contributed by atoms with van der Waals surface area (Å²) in [6.45, 7) is 1.61. The first-order chi connectivity index (χ1) is 9.40. The number of non-ortho nitro benzene ring substituents is 1. The van der Waals surface area contributed by atoms with Crippen LogP contribution in [0.1, 0.15) is 11.3 Å². The molecule has 0 aliphatic carbocycles. The maximum atomic E-state index is 10.8. The Morgan fingerprint density at radius 2 is 2.00 bits per heavy atom. The second-order valence-electron chi connectivity index (χ2n) is 4.16. The van der Waals surface area contributed by atoms with Gasteiger partial charge in [0.05, 0.1) is 16.4 Å². The third-order valence-corrected chi connectivity index (χ3v) is 2.77. The molecular weight excluding hydrogens is 266 g/mol. The lowest BCUT2D eigenvalue weighted by atomic mass is 10.2. The summed E-state index contributed by atoms with van der Waals surface area (Å²) in [7, 11) is 0. The number of rotatable bonds is 4. The Morgan fingerprint density at radius 3 is 2.55 bits per heavy atom. The van der Waals surface area contributed by atoms with Crippen LogP contribution in [0.4, 0.5) is 17.2 Å². The van der Waals surface area contributed by atoms with E-state index in [9.17, 15) is 20.2 Å². The molecule has 0 aliphatic rings. The van der Waals surface area contributed by atoms with Gasteiger partial charge in [0, 0.05) is 12.1 Å². The van der Waals surface area contributed by atoms with Gasteiger partial charge in [-0.3, -0.25) is 20.2 Å². The number of nitro groups is 2. The number of nitrogen functional groups attached to an aromatic ring is 1. The molecule has 0 saturated carbocycles. The van der Waals surface area contributed by atoms with Crippen LogP contribution < -0.4 is 5.73 Å². The second kappa shape index (κ2) is 4.96. The van der Waals surface area contributed by atoms with Crippen LogP contribution in [0, 0.1) is 27.2 Å². The topological polar surface area (TPSA) is 130 Å². The van der Waals surface area contributed by atoms with Crippen LogP contribution in [-0.2, 0) is 6.54 Å². The number of hydrogen-bond donors (Lipinski definition) is 1. The molecule has 1 heterocycles. The molecule has 9 nitrogen and oxygen atoms in total. The van der Waals surface area contributed by atoms with Crippen molar-refractivity contribution in [3.05, 3.63) is 55.8 Å². The molecule has 0 spiro atoms. The molecule has 0 radical (unpaired) electrons. The third-order valence-electron chi connectivity index (χ3n) is 2.77. The van der Waals surface area contributed by atoms with E-state index < -0.39 is 9.85 Å². The number of aryl methyl sites for hydroxylation is 1. The van der Waals surface area contributed by atoms with E-state index >= 15 is 0 Å². The smallest absolute Gasteiger partial charge is 0.333 e. The normalized spacial score (nSPS) is 10.4.